The van der Waals surface area contributed by atoms with Crippen LogP contribution in [0.5, 0.6) is 0 Å². The maximum absolute atomic E-state index is 10.6. The van der Waals surface area contributed by atoms with Gasteiger partial charge in [-0.15, -0.1) is 0 Å². The van der Waals surface area contributed by atoms with Crippen LogP contribution in [0.4, 0.5) is 5.82 Å². The van der Waals surface area contributed by atoms with Crippen LogP contribution in [0.15, 0.2) is 61.2 Å². The van der Waals surface area contributed by atoms with Gasteiger partial charge in [0, 0.05) is 24.5 Å². The Kier molecular flexibility index (Phi) is 5.50. The molecule has 1 aliphatic heterocycles. The largest absolute Gasteiger partial charge is 0.394 e. The summed E-state index contributed by atoms with van der Waals surface area (Å²) in [4.78, 5) is 13.0. The van der Waals surface area contributed by atoms with Crippen LogP contribution in [0.25, 0.3) is 22.3 Å². The van der Waals surface area contributed by atoms with Crippen molar-refractivity contribution < 1.29 is 20.1 Å². The van der Waals surface area contributed by atoms with Crippen molar-refractivity contribution in [2.24, 2.45) is 0 Å². The van der Waals surface area contributed by atoms with Crippen molar-refractivity contribution in [3.05, 3.63) is 66.7 Å². The molecule has 0 amide bonds. The van der Waals surface area contributed by atoms with Gasteiger partial charge in [-0.3, -0.25) is 4.98 Å². The lowest BCUT2D eigenvalue weighted by atomic mass is 10.1. The van der Waals surface area contributed by atoms with Gasteiger partial charge in [0.15, 0.2) is 11.9 Å². The minimum absolute atomic E-state index is 0.424. The molecule has 10 heteroatoms. The highest BCUT2D eigenvalue weighted by Crippen LogP contribution is 2.36. The summed E-state index contributed by atoms with van der Waals surface area (Å²) in [5.41, 5.74) is 2.86. The number of ether oxygens (including phenoxy) is 1. The molecule has 0 spiro atoms. The van der Waals surface area contributed by atoms with Crippen molar-refractivity contribution in [3.8, 4) is 11.3 Å². The summed E-state index contributed by atoms with van der Waals surface area (Å²) in [7, 11) is 0. The first kappa shape index (κ1) is 20.5. The lowest BCUT2D eigenvalue weighted by Crippen LogP contribution is -2.33. The zero-order chi connectivity index (χ0) is 22.1. The second kappa shape index (κ2) is 8.60. The van der Waals surface area contributed by atoms with E-state index in [0.717, 1.165) is 11.1 Å². The lowest BCUT2D eigenvalue weighted by Gasteiger charge is -2.15. The number of aromatic nitrogens is 5. The zero-order valence-corrected chi connectivity index (χ0v) is 17.0. The molecule has 1 aliphatic rings. The summed E-state index contributed by atoms with van der Waals surface area (Å²) in [6.07, 6.45) is 0.441. The number of benzene rings is 1. The van der Waals surface area contributed by atoms with Gasteiger partial charge in [0.1, 0.15) is 36.2 Å². The fourth-order valence-corrected chi connectivity index (χ4v) is 3.85. The highest BCUT2D eigenvalue weighted by Gasteiger charge is 2.45. The number of pyridine rings is 1. The Balaban J connectivity index is 1.62. The van der Waals surface area contributed by atoms with Gasteiger partial charge in [-0.05, 0) is 11.6 Å². The van der Waals surface area contributed by atoms with Crippen molar-refractivity contribution in [2.45, 2.75) is 31.1 Å². The maximum Gasteiger partial charge on any atom is 0.181 e. The van der Waals surface area contributed by atoms with Gasteiger partial charge in [-0.2, -0.15) is 5.10 Å². The third kappa shape index (κ3) is 3.59. The summed E-state index contributed by atoms with van der Waals surface area (Å²) < 4.78 is 7.15. The maximum atomic E-state index is 10.6. The van der Waals surface area contributed by atoms with Gasteiger partial charge in [-0.25, -0.2) is 14.6 Å². The van der Waals surface area contributed by atoms with Crippen molar-refractivity contribution >= 4 is 16.9 Å². The minimum Gasteiger partial charge on any atom is -0.394 e. The Bertz CT molecular complexity index is 1200. The van der Waals surface area contributed by atoms with Gasteiger partial charge in [-0.1, -0.05) is 36.4 Å². The number of fused-ring (bicyclic) bond motifs is 1. The van der Waals surface area contributed by atoms with Crippen LogP contribution in [-0.2, 0) is 11.3 Å². The Morgan fingerprint density at radius 3 is 2.59 bits per heavy atom. The van der Waals surface area contributed by atoms with E-state index < -0.39 is 31.1 Å². The smallest absolute Gasteiger partial charge is 0.181 e. The van der Waals surface area contributed by atoms with Crippen LogP contribution >= 0.6 is 0 Å². The number of rotatable bonds is 6. The van der Waals surface area contributed by atoms with E-state index in [1.807, 2.05) is 42.5 Å². The van der Waals surface area contributed by atoms with E-state index in [1.165, 1.54) is 11.0 Å². The van der Waals surface area contributed by atoms with E-state index in [4.69, 9.17) is 9.84 Å². The van der Waals surface area contributed by atoms with Crippen LogP contribution in [-0.4, -0.2) is 65.0 Å². The molecule has 0 radical (unpaired) electrons. The van der Waals surface area contributed by atoms with Crippen LogP contribution in [0.3, 0.4) is 0 Å². The quantitative estimate of drug-likeness (QED) is 0.351. The molecule has 1 aromatic carbocycles. The first-order chi connectivity index (χ1) is 15.7. The monoisotopic (exact) mass is 434 g/mol. The molecule has 1 fully saturated rings. The van der Waals surface area contributed by atoms with E-state index in [1.54, 1.807) is 12.4 Å². The summed E-state index contributed by atoms with van der Waals surface area (Å²) in [6, 6.07) is 13.4. The molecule has 10 nitrogen and oxygen atoms in total. The minimum atomic E-state index is -1.28. The van der Waals surface area contributed by atoms with Gasteiger partial charge in [0.25, 0.3) is 0 Å². The third-order valence-corrected chi connectivity index (χ3v) is 5.48. The van der Waals surface area contributed by atoms with Gasteiger partial charge in [0.05, 0.1) is 12.0 Å². The summed E-state index contributed by atoms with van der Waals surface area (Å²) in [6.45, 7) is 0.0690. The van der Waals surface area contributed by atoms with Crippen LogP contribution < -0.4 is 5.32 Å². The van der Waals surface area contributed by atoms with Gasteiger partial charge in [0.2, 0.25) is 0 Å². The highest BCUT2D eigenvalue weighted by atomic mass is 16.6. The standard InChI is InChI=1S/C22H22N6O4/c29-11-15-18(30)19(31)22(32-15)28-21-16(17(27-28)14-6-2-1-3-7-14)20(25-12-26-21)24-10-13-5-4-8-23-9-13/h1-9,12,15,18-19,22,29-31H,10-11H2,(H,24,25,26)/t15-,18+,19+,22-/m1/s1. The molecule has 3 aromatic heterocycles. The average molecular weight is 434 g/mol. The number of nitrogens with zero attached hydrogens (tertiary/aromatic N) is 5. The van der Waals surface area contributed by atoms with E-state index in [9.17, 15) is 15.3 Å². The fourth-order valence-electron chi connectivity index (χ4n) is 3.85. The molecule has 4 heterocycles. The predicted molar refractivity (Wildman–Crippen MR) is 115 cm³/mol. The molecule has 1 saturated heterocycles. The predicted octanol–water partition coefficient (Wildman–Crippen LogP) is 1.11. The van der Waals surface area contributed by atoms with E-state index in [2.05, 4.69) is 20.3 Å². The number of anilines is 1. The summed E-state index contributed by atoms with van der Waals surface area (Å²) >= 11 is 0. The zero-order valence-electron chi connectivity index (χ0n) is 17.0. The van der Waals surface area contributed by atoms with Crippen molar-refractivity contribution in [3.63, 3.8) is 0 Å². The molecular formula is C22H22N6O4. The van der Waals surface area contributed by atoms with Crippen molar-refractivity contribution in [1.29, 1.82) is 0 Å². The molecule has 164 valence electrons. The van der Waals surface area contributed by atoms with Crippen LogP contribution in [0.1, 0.15) is 11.8 Å². The molecule has 0 bridgehead atoms. The highest BCUT2D eigenvalue weighted by molar-refractivity contribution is 5.99. The molecule has 0 aliphatic carbocycles. The second-order valence-electron chi connectivity index (χ2n) is 7.52. The molecule has 5 rings (SSSR count). The first-order valence-electron chi connectivity index (χ1n) is 10.2. The molecule has 4 N–H and O–H groups in total. The van der Waals surface area contributed by atoms with Gasteiger partial charge < -0.3 is 25.4 Å². The molecule has 4 aromatic rings. The Morgan fingerprint density at radius 1 is 1.03 bits per heavy atom. The van der Waals surface area contributed by atoms with Crippen molar-refractivity contribution in [1.82, 2.24) is 24.7 Å². The molecule has 32 heavy (non-hydrogen) atoms. The Hall–Kier alpha value is -3.44. The Labute approximate surface area is 183 Å². The number of aliphatic hydroxyl groups is 3. The molecular weight excluding hydrogens is 412 g/mol. The second-order valence-corrected chi connectivity index (χ2v) is 7.52. The fraction of sp³-hybridized carbons (Fsp3) is 0.273. The molecule has 0 saturated carbocycles. The van der Waals surface area contributed by atoms with E-state index in [0.29, 0.717) is 29.1 Å². The van der Waals surface area contributed by atoms with Crippen LogP contribution in [0, 0.1) is 0 Å². The first-order valence-corrected chi connectivity index (χ1v) is 10.2. The summed E-state index contributed by atoms with van der Waals surface area (Å²) in [5.74, 6) is 0.565. The molecule has 4 atom stereocenters. The van der Waals surface area contributed by atoms with Gasteiger partial charge >= 0.3 is 0 Å². The SMILES string of the molecule is OC[C@H]1O[C@@H](n2nc(-c3ccccc3)c3c(NCc4cccnc4)ncnc32)[C@@H](O)[C@H]1O. The third-order valence-electron chi connectivity index (χ3n) is 5.48. The molecule has 0 unspecified atom stereocenters. The van der Waals surface area contributed by atoms with Crippen molar-refractivity contribution in [2.75, 3.05) is 11.9 Å². The average Bonchev–Trinajstić information content (AvgIpc) is 3.37. The number of hydrogen-bond acceptors (Lipinski definition) is 9. The normalized spacial score (nSPS) is 23.0. The number of aliphatic hydroxyl groups excluding tert-OH is 3. The Morgan fingerprint density at radius 2 is 1.88 bits per heavy atom. The topological polar surface area (TPSA) is 138 Å². The number of hydrogen-bond donors (Lipinski definition) is 4. The summed E-state index contributed by atoms with van der Waals surface area (Å²) in [5, 5.41) is 38.9. The van der Waals surface area contributed by atoms with E-state index in [-0.39, 0.29) is 0 Å². The number of nitrogens with one attached hydrogen (secondary N) is 1. The van der Waals surface area contributed by atoms with Crippen LogP contribution in [0.2, 0.25) is 0 Å². The van der Waals surface area contributed by atoms with E-state index >= 15 is 0 Å². The lowest BCUT2D eigenvalue weighted by molar-refractivity contribution is -0.0565.